The van der Waals surface area contributed by atoms with Crippen LogP contribution >= 0.6 is 0 Å². The molecular weight excluding hydrogens is 225 g/mol. The van der Waals surface area contributed by atoms with Crippen LogP contribution < -0.4 is 10.6 Å². The second-order valence-electron chi connectivity index (χ2n) is 5.62. The van der Waals surface area contributed by atoms with E-state index in [9.17, 15) is 5.11 Å². The lowest BCUT2D eigenvalue weighted by Gasteiger charge is -2.44. The Labute approximate surface area is 108 Å². The molecule has 4 heteroatoms. The van der Waals surface area contributed by atoms with Crippen LogP contribution in [0, 0.1) is 0 Å². The number of nitrogens with one attached hydrogen (secondary N) is 1. The predicted molar refractivity (Wildman–Crippen MR) is 74.1 cm³/mol. The molecule has 3 nitrogen and oxygen atoms in total. The third-order valence-corrected chi connectivity index (χ3v) is 3.62. The second-order valence-corrected chi connectivity index (χ2v) is 5.62. The molecule has 0 aliphatic carbocycles. The van der Waals surface area contributed by atoms with E-state index in [1.807, 2.05) is 44.3 Å². The van der Waals surface area contributed by atoms with Gasteiger partial charge in [-0.3, -0.25) is 0 Å². The fourth-order valence-corrected chi connectivity index (χ4v) is 1.59. The second kappa shape index (κ2) is 4.45. The summed E-state index contributed by atoms with van der Waals surface area (Å²) in [6.45, 7) is 7.07. The third-order valence-electron chi connectivity index (χ3n) is 3.62. The van der Waals surface area contributed by atoms with Gasteiger partial charge in [0, 0.05) is 36.4 Å². The van der Waals surface area contributed by atoms with Crippen LogP contribution in [0.5, 0.6) is 0 Å². The van der Waals surface area contributed by atoms with Crippen molar-refractivity contribution < 1.29 is 9.76 Å². The quantitative estimate of drug-likeness (QED) is 0.629. The van der Waals surface area contributed by atoms with Crippen LogP contribution in [-0.2, 0) is 0 Å². The molecule has 1 heterocycles. The zero-order chi connectivity index (χ0) is 13.4. The van der Waals surface area contributed by atoms with Crippen LogP contribution in [-0.4, -0.2) is 28.3 Å². The van der Waals surface area contributed by atoms with E-state index in [1.165, 1.54) is 0 Å². The van der Waals surface area contributed by atoms with Gasteiger partial charge in [0.25, 0.3) is 0 Å². The van der Waals surface area contributed by atoms with E-state index in [1.54, 1.807) is 21.3 Å². The summed E-state index contributed by atoms with van der Waals surface area (Å²) >= 11 is 0. The van der Waals surface area contributed by atoms with Crippen molar-refractivity contribution in [2.24, 2.45) is 0 Å². The zero-order valence-electron chi connectivity index (χ0n) is 11.3. The van der Waals surface area contributed by atoms with E-state index in [4.69, 9.17) is 0 Å². The molecule has 0 saturated heterocycles. The van der Waals surface area contributed by atoms with Crippen LogP contribution in [0.25, 0.3) is 10.9 Å². The molecule has 1 aromatic heterocycles. The first-order chi connectivity index (χ1) is 8.31. The maximum atomic E-state index is 12.0. The summed E-state index contributed by atoms with van der Waals surface area (Å²) in [7, 11) is 1.79. The van der Waals surface area contributed by atoms with Gasteiger partial charge in [-0.05, 0) is 11.7 Å². The van der Waals surface area contributed by atoms with Crippen molar-refractivity contribution in [3.63, 3.8) is 0 Å². The number of fused-ring (bicyclic) bond motifs is 1. The fraction of sp³-hybridized carbons (Fsp3) is 0.429. The SMILES string of the molecule is CC(C)([O-])C(C)(C)[OH+][B]c1c[nH]c2ccccc12. The Morgan fingerprint density at radius 2 is 1.83 bits per heavy atom. The van der Waals surface area contributed by atoms with Crippen LogP contribution in [0.3, 0.4) is 0 Å². The number of para-hydroxylation sites is 1. The summed E-state index contributed by atoms with van der Waals surface area (Å²) < 4.78 is 4.46. The number of benzene rings is 1. The van der Waals surface area contributed by atoms with Gasteiger partial charge in [0.1, 0.15) is 5.60 Å². The van der Waals surface area contributed by atoms with Crippen molar-refractivity contribution in [1.29, 1.82) is 0 Å². The van der Waals surface area contributed by atoms with Crippen molar-refractivity contribution in [2.45, 2.75) is 38.9 Å². The van der Waals surface area contributed by atoms with Crippen LogP contribution in [0.2, 0.25) is 0 Å². The van der Waals surface area contributed by atoms with Gasteiger partial charge in [-0.2, -0.15) is 0 Å². The minimum absolute atomic E-state index is 0.634. The van der Waals surface area contributed by atoms with E-state index in [2.05, 4.69) is 9.64 Å². The zero-order valence-corrected chi connectivity index (χ0v) is 11.3. The molecule has 95 valence electrons. The molecule has 2 aromatic rings. The van der Waals surface area contributed by atoms with E-state index in [-0.39, 0.29) is 0 Å². The first-order valence-electron chi connectivity index (χ1n) is 6.13. The number of H-pyrrole nitrogens is 1. The number of aromatic nitrogens is 1. The van der Waals surface area contributed by atoms with Gasteiger partial charge < -0.3 is 14.7 Å². The Balaban J connectivity index is 2.16. The minimum Gasteiger partial charge on any atom is -0.844 e. The number of rotatable bonds is 4. The molecule has 0 aliphatic rings. The Bertz CT molecular complexity index is 540. The van der Waals surface area contributed by atoms with Gasteiger partial charge in [-0.15, -0.1) is 0 Å². The van der Waals surface area contributed by atoms with Gasteiger partial charge in [0.05, 0.1) is 0 Å². The smallest absolute Gasteiger partial charge is 0.627 e. The van der Waals surface area contributed by atoms with Crippen molar-refractivity contribution in [1.82, 2.24) is 4.98 Å². The van der Waals surface area contributed by atoms with Crippen molar-refractivity contribution in [3.8, 4) is 0 Å². The third kappa shape index (κ3) is 2.45. The van der Waals surface area contributed by atoms with Crippen molar-refractivity contribution >= 4 is 23.8 Å². The summed E-state index contributed by atoms with van der Waals surface area (Å²) in [5.41, 5.74) is 0.363. The average molecular weight is 244 g/mol. The molecule has 0 aliphatic heterocycles. The Hall–Kier alpha value is -1.26. The monoisotopic (exact) mass is 244 g/mol. The highest BCUT2D eigenvalue weighted by Gasteiger charge is 2.34. The summed E-state index contributed by atoms with van der Waals surface area (Å²) in [6, 6.07) is 8.05. The molecule has 1 radical (unpaired) electrons. The summed E-state index contributed by atoms with van der Waals surface area (Å²) in [5, 5.41) is 13.2. The average Bonchev–Trinajstić information content (AvgIpc) is 2.68. The first-order valence-corrected chi connectivity index (χ1v) is 6.13. The van der Waals surface area contributed by atoms with Gasteiger partial charge in [-0.1, -0.05) is 32.0 Å². The van der Waals surface area contributed by atoms with Crippen molar-refractivity contribution in [2.75, 3.05) is 0 Å². The molecule has 0 fully saturated rings. The number of hydrogen-bond acceptors (Lipinski definition) is 1. The largest absolute Gasteiger partial charge is 0.844 e. The Morgan fingerprint density at radius 3 is 2.50 bits per heavy atom. The van der Waals surface area contributed by atoms with E-state index >= 15 is 0 Å². The van der Waals surface area contributed by atoms with E-state index in [0.717, 1.165) is 16.4 Å². The Kier molecular flexibility index (Phi) is 3.26. The highest BCUT2D eigenvalue weighted by Crippen LogP contribution is 2.19. The molecule has 1 aromatic carbocycles. The van der Waals surface area contributed by atoms with Crippen LogP contribution in [0.1, 0.15) is 27.7 Å². The fourth-order valence-electron chi connectivity index (χ4n) is 1.59. The lowest BCUT2D eigenvalue weighted by molar-refractivity contribution is -0.503. The first kappa shape index (κ1) is 13.2. The molecule has 0 spiro atoms. The van der Waals surface area contributed by atoms with Crippen LogP contribution in [0.4, 0.5) is 0 Å². The van der Waals surface area contributed by atoms with Gasteiger partial charge in [0.15, 0.2) is 0 Å². The maximum absolute atomic E-state index is 12.0. The van der Waals surface area contributed by atoms with Gasteiger partial charge in [0.2, 0.25) is 0 Å². The summed E-state index contributed by atoms with van der Waals surface area (Å²) in [6.07, 6.45) is 1.92. The number of hydrogen-bond donors (Lipinski definition) is 1. The van der Waals surface area contributed by atoms with Crippen molar-refractivity contribution in [3.05, 3.63) is 30.5 Å². The Morgan fingerprint density at radius 1 is 1.17 bits per heavy atom. The lowest BCUT2D eigenvalue weighted by Crippen LogP contribution is -2.59. The van der Waals surface area contributed by atoms with Gasteiger partial charge in [-0.25, -0.2) is 0 Å². The molecule has 0 atom stereocenters. The maximum Gasteiger partial charge on any atom is 0.627 e. The summed E-state index contributed by atoms with van der Waals surface area (Å²) in [4.78, 5) is 3.19. The molecule has 2 N–H and O–H groups in total. The molecular formula is C14H19BNO2. The van der Waals surface area contributed by atoms with E-state index in [0.29, 0.717) is 0 Å². The highest BCUT2D eigenvalue weighted by atomic mass is 16.5. The molecule has 18 heavy (non-hydrogen) atoms. The predicted octanol–water partition coefficient (Wildman–Crippen LogP) is 0.858. The summed E-state index contributed by atoms with van der Waals surface area (Å²) in [5.74, 6) is 0. The van der Waals surface area contributed by atoms with Crippen LogP contribution in [0.15, 0.2) is 30.5 Å². The highest BCUT2D eigenvalue weighted by molar-refractivity contribution is 6.50. The number of aliphatic hydroxyl groups is 1. The topological polar surface area (TPSA) is 51.6 Å². The van der Waals surface area contributed by atoms with Gasteiger partial charge >= 0.3 is 7.48 Å². The van der Waals surface area contributed by atoms with E-state index < -0.39 is 11.2 Å². The standard InChI is InChI=1S/C14H19BNO2/c1-13(2,17)14(3,4)18-15-11-9-16-12-8-6-5-7-10(11)12/h5-9,16,18H,1-4H3. The number of aromatic amines is 1. The lowest BCUT2D eigenvalue weighted by atomic mass is 9.82. The molecule has 0 unspecified atom stereocenters. The molecule has 0 saturated carbocycles. The molecule has 0 amide bonds. The normalized spacial score (nSPS) is 12.9. The minimum atomic E-state index is -1.10. The molecule has 2 rings (SSSR count). The molecule has 0 bridgehead atoms.